The maximum absolute atomic E-state index is 12.1. The largest absolute Gasteiger partial charge is 0.479 e. The SMILES string of the molecule is Cc1c(C2NC=CO2)sc(NCCC2CCCCC2Cl)c1C(=S)N([SH](=O)=O)C(C)(C)C(=O)O. The van der Waals surface area contributed by atoms with Crippen molar-refractivity contribution in [1.29, 1.82) is 0 Å². The molecule has 3 N–H and O–H groups in total. The third-order valence-corrected chi connectivity index (χ3v) is 9.61. The number of nitrogens with one attached hydrogen (secondary N) is 2. The molecular weight excluding hydrogens is 506 g/mol. The number of aliphatic carboxylic acids is 1. The van der Waals surface area contributed by atoms with Crippen LogP contribution < -0.4 is 10.6 Å². The monoisotopic (exact) mass is 535 g/mol. The van der Waals surface area contributed by atoms with Crippen molar-refractivity contribution in [2.45, 2.75) is 70.0 Å². The van der Waals surface area contributed by atoms with E-state index in [0.717, 1.165) is 40.4 Å². The lowest BCUT2D eigenvalue weighted by atomic mass is 9.86. The summed E-state index contributed by atoms with van der Waals surface area (Å²) in [5.41, 5.74) is -0.498. The summed E-state index contributed by atoms with van der Waals surface area (Å²) in [6.07, 6.45) is 8.16. The number of hydrogen-bond acceptors (Lipinski definition) is 8. The van der Waals surface area contributed by atoms with Gasteiger partial charge in [0.1, 0.15) is 16.8 Å². The average molecular weight is 536 g/mol. The minimum absolute atomic E-state index is 0.0557. The molecule has 3 rings (SSSR count). The van der Waals surface area contributed by atoms with Gasteiger partial charge in [-0.1, -0.05) is 25.1 Å². The Morgan fingerprint density at radius 2 is 2.12 bits per heavy atom. The van der Waals surface area contributed by atoms with Gasteiger partial charge >= 0.3 is 5.97 Å². The van der Waals surface area contributed by atoms with E-state index in [0.29, 0.717) is 23.0 Å². The predicted octanol–water partition coefficient (Wildman–Crippen LogP) is 4.11. The second-order valence-corrected chi connectivity index (χ2v) is 11.7. The lowest BCUT2D eigenvalue weighted by Crippen LogP contribution is -2.52. The quantitative estimate of drug-likeness (QED) is 0.212. The summed E-state index contributed by atoms with van der Waals surface area (Å²) in [4.78, 5) is 12.6. The van der Waals surface area contributed by atoms with Crippen LogP contribution in [-0.4, -0.2) is 46.2 Å². The zero-order chi connectivity index (χ0) is 24.3. The first-order chi connectivity index (χ1) is 15.6. The molecule has 2 heterocycles. The molecule has 3 unspecified atom stereocenters. The van der Waals surface area contributed by atoms with Gasteiger partial charge in [0.05, 0.1) is 9.88 Å². The second kappa shape index (κ2) is 10.8. The van der Waals surface area contributed by atoms with E-state index in [4.69, 9.17) is 28.6 Å². The zero-order valence-electron chi connectivity index (χ0n) is 18.8. The second-order valence-electron chi connectivity index (χ2n) is 8.78. The molecule has 1 aliphatic heterocycles. The normalized spacial score (nSPS) is 22.6. The van der Waals surface area contributed by atoms with Crippen LogP contribution in [0.1, 0.15) is 68.2 Å². The van der Waals surface area contributed by atoms with Crippen LogP contribution in [-0.2, 0) is 20.4 Å². The number of thiophene rings is 1. The Morgan fingerprint density at radius 3 is 2.70 bits per heavy atom. The lowest BCUT2D eigenvalue weighted by Gasteiger charge is -2.32. The Balaban J connectivity index is 1.92. The van der Waals surface area contributed by atoms with Gasteiger partial charge in [-0.2, -0.15) is 0 Å². The summed E-state index contributed by atoms with van der Waals surface area (Å²) >= 11 is 13.5. The number of carbonyl (C=O) groups is 1. The molecule has 3 atom stereocenters. The summed E-state index contributed by atoms with van der Waals surface area (Å²) in [7, 11) is -3.29. The molecule has 2 aliphatic rings. The van der Waals surface area contributed by atoms with E-state index < -0.39 is 28.6 Å². The van der Waals surface area contributed by atoms with Crippen molar-refractivity contribution >= 4 is 62.0 Å². The third kappa shape index (κ3) is 5.58. The molecule has 0 aromatic carbocycles. The predicted molar refractivity (Wildman–Crippen MR) is 135 cm³/mol. The van der Waals surface area contributed by atoms with E-state index >= 15 is 0 Å². The number of halogens is 1. The van der Waals surface area contributed by atoms with Crippen LogP contribution in [0.2, 0.25) is 0 Å². The Hall–Kier alpha value is -1.56. The van der Waals surface area contributed by atoms with E-state index in [1.807, 2.05) is 6.92 Å². The first-order valence-corrected chi connectivity index (χ1v) is 13.6. The third-order valence-electron chi connectivity index (χ3n) is 6.19. The van der Waals surface area contributed by atoms with Gasteiger partial charge in [-0.15, -0.1) is 22.9 Å². The molecule has 184 valence electrons. The average Bonchev–Trinajstić information content (AvgIpc) is 3.36. The van der Waals surface area contributed by atoms with Crippen LogP contribution in [0.15, 0.2) is 12.5 Å². The summed E-state index contributed by atoms with van der Waals surface area (Å²) in [6, 6.07) is 0. The summed E-state index contributed by atoms with van der Waals surface area (Å²) in [5.74, 6) is -0.867. The van der Waals surface area contributed by atoms with Crippen LogP contribution in [0, 0.1) is 12.8 Å². The Morgan fingerprint density at radius 1 is 1.42 bits per heavy atom. The van der Waals surface area contributed by atoms with Gasteiger partial charge in [-0.25, -0.2) is 17.5 Å². The van der Waals surface area contributed by atoms with Gasteiger partial charge in [0, 0.05) is 23.7 Å². The Bertz CT molecular complexity index is 992. The Labute approximate surface area is 210 Å². The first-order valence-electron chi connectivity index (χ1n) is 10.9. The number of alkyl halides is 1. The van der Waals surface area contributed by atoms with E-state index in [2.05, 4.69) is 10.6 Å². The minimum atomic E-state index is -3.29. The topological polar surface area (TPSA) is 108 Å². The van der Waals surface area contributed by atoms with Crippen molar-refractivity contribution in [2.75, 3.05) is 11.9 Å². The molecule has 33 heavy (non-hydrogen) atoms. The molecule has 0 amide bonds. The van der Waals surface area contributed by atoms with Crippen molar-refractivity contribution in [3.05, 3.63) is 28.5 Å². The number of thiocarbonyl (C=S) groups is 1. The standard InChI is InChI=1S/C21H30ClN3O5S3/c1-12-15(19(31)25(33(28)29)21(2,3)20(26)27)18(32-16(12)17-23-10-11-30-17)24-9-8-13-6-4-5-7-14(13)22/h10-11,13-14,17,23-24,33H,4-9H2,1-3H3,(H,26,27). The highest BCUT2D eigenvalue weighted by Gasteiger charge is 2.40. The van der Waals surface area contributed by atoms with Gasteiger partial charge < -0.3 is 20.5 Å². The fourth-order valence-corrected chi connectivity index (χ4v) is 7.30. The molecule has 1 fully saturated rings. The van der Waals surface area contributed by atoms with Crippen LogP contribution in [0.25, 0.3) is 0 Å². The molecule has 0 spiro atoms. The molecule has 12 heteroatoms. The number of rotatable bonds is 9. The van der Waals surface area contributed by atoms with Crippen molar-refractivity contribution < 1.29 is 23.1 Å². The lowest BCUT2D eigenvalue weighted by molar-refractivity contribution is -0.144. The molecule has 0 bridgehead atoms. The highest BCUT2D eigenvalue weighted by Crippen LogP contribution is 2.40. The van der Waals surface area contributed by atoms with Gasteiger partial charge in [0.15, 0.2) is 0 Å². The minimum Gasteiger partial charge on any atom is -0.479 e. The van der Waals surface area contributed by atoms with Gasteiger partial charge in [-0.05, 0) is 51.5 Å². The zero-order valence-corrected chi connectivity index (χ0v) is 22.1. The number of hydrogen-bond donors (Lipinski definition) is 4. The molecule has 1 saturated carbocycles. The molecular formula is C21H30ClN3O5S3. The van der Waals surface area contributed by atoms with Gasteiger partial charge in [-0.3, -0.25) is 0 Å². The van der Waals surface area contributed by atoms with E-state index in [1.165, 1.54) is 31.6 Å². The number of anilines is 1. The van der Waals surface area contributed by atoms with Crippen LogP contribution in [0.3, 0.4) is 0 Å². The number of carboxylic acids is 1. The van der Waals surface area contributed by atoms with Crippen LogP contribution in [0.4, 0.5) is 5.00 Å². The molecule has 1 aromatic rings. The van der Waals surface area contributed by atoms with E-state index in [1.54, 1.807) is 12.5 Å². The Kier molecular flexibility index (Phi) is 8.52. The number of carboxylic acid groups (broad SMARTS) is 1. The fourth-order valence-electron chi connectivity index (χ4n) is 4.17. The highest BCUT2D eigenvalue weighted by molar-refractivity contribution is 7.82. The summed E-state index contributed by atoms with van der Waals surface area (Å²) in [5, 5.41) is 17.0. The van der Waals surface area contributed by atoms with Gasteiger partial charge in [0.25, 0.3) is 0 Å². The fraction of sp³-hybridized carbons (Fsp3) is 0.619. The van der Waals surface area contributed by atoms with Crippen LogP contribution in [0.5, 0.6) is 0 Å². The molecule has 1 aliphatic carbocycles. The van der Waals surface area contributed by atoms with Crippen molar-refractivity contribution in [2.24, 2.45) is 5.92 Å². The van der Waals surface area contributed by atoms with Crippen molar-refractivity contribution in [3.63, 3.8) is 0 Å². The van der Waals surface area contributed by atoms with Crippen molar-refractivity contribution in [3.8, 4) is 0 Å². The molecule has 0 radical (unpaired) electrons. The first kappa shape index (κ1) is 26.1. The highest BCUT2D eigenvalue weighted by atomic mass is 35.5. The molecule has 1 aromatic heterocycles. The van der Waals surface area contributed by atoms with E-state index in [9.17, 15) is 18.3 Å². The summed E-state index contributed by atoms with van der Waals surface area (Å²) < 4.78 is 30.7. The molecule has 0 saturated heterocycles. The molecule has 8 nitrogen and oxygen atoms in total. The number of nitrogens with zero attached hydrogens (tertiary/aromatic N) is 1. The maximum Gasteiger partial charge on any atom is 0.330 e. The van der Waals surface area contributed by atoms with Crippen LogP contribution >= 0.6 is 35.2 Å². The van der Waals surface area contributed by atoms with Gasteiger partial charge in [0.2, 0.25) is 17.1 Å². The number of thiol groups is 1. The van der Waals surface area contributed by atoms with E-state index in [-0.39, 0.29) is 10.4 Å². The maximum atomic E-state index is 12.1. The van der Waals surface area contributed by atoms with Crippen molar-refractivity contribution in [1.82, 2.24) is 9.62 Å². The summed E-state index contributed by atoms with van der Waals surface area (Å²) in [6.45, 7) is 5.11. The number of ether oxygens (including phenoxy) is 1. The smallest absolute Gasteiger partial charge is 0.330 e.